The number of fused-ring (bicyclic) bond motifs is 2. The summed E-state index contributed by atoms with van der Waals surface area (Å²) in [4.78, 5) is 18.4. The summed E-state index contributed by atoms with van der Waals surface area (Å²) in [7, 11) is 0. The SMILES string of the molecule is Cc1ccc(CSC2=NN3C(=c4ccccc4=NC3c3ccc(OCc4ccccc4)cc3)C(=O)N2)cc1. The Morgan fingerprint density at radius 3 is 2.39 bits per heavy atom. The van der Waals surface area contributed by atoms with Gasteiger partial charge in [0.2, 0.25) is 0 Å². The van der Waals surface area contributed by atoms with E-state index in [9.17, 15) is 4.79 Å². The number of amides is 1. The van der Waals surface area contributed by atoms with E-state index < -0.39 is 6.17 Å². The molecule has 0 saturated carbocycles. The third kappa shape index (κ3) is 5.06. The molecule has 6 nitrogen and oxygen atoms in total. The van der Waals surface area contributed by atoms with Gasteiger partial charge in [-0.05, 0) is 41.8 Å². The van der Waals surface area contributed by atoms with Crippen LogP contribution in [0.3, 0.4) is 0 Å². The molecule has 1 atom stereocenters. The maximum Gasteiger partial charge on any atom is 0.276 e. The van der Waals surface area contributed by atoms with Crippen molar-refractivity contribution in [2.45, 2.75) is 25.4 Å². The van der Waals surface area contributed by atoms with Gasteiger partial charge in [-0.2, -0.15) is 0 Å². The molecule has 1 unspecified atom stereocenters. The van der Waals surface area contributed by atoms with Crippen LogP contribution in [0.1, 0.15) is 28.4 Å². The smallest absolute Gasteiger partial charge is 0.276 e. The monoisotopic (exact) mass is 518 g/mol. The average molecular weight is 519 g/mol. The first kappa shape index (κ1) is 24.0. The van der Waals surface area contributed by atoms with Crippen molar-refractivity contribution in [2.24, 2.45) is 10.1 Å². The summed E-state index contributed by atoms with van der Waals surface area (Å²) in [6.45, 7) is 2.57. The van der Waals surface area contributed by atoms with Gasteiger partial charge in [0, 0.05) is 11.0 Å². The lowest BCUT2D eigenvalue weighted by atomic mass is 10.1. The summed E-state index contributed by atoms with van der Waals surface area (Å²) in [5.41, 5.74) is 4.92. The normalized spacial score (nSPS) is 16.1. The highest BCUT2D eigenvalue weighted by atomic mass is 32.2. The Morgan fingerprint density at radius 2 is 1.61 bits per heavy atom. The number of para-hydroxylation sites is 1. The first-order valence-corrected chi connectivity index (χ1v) is 13.4. The van der Waals surface area contributed by atoms with Crippen LogP contribution in [0.2, 0.25) is 0 Å². The van der Waals surface area contributed by atoms with Gasteiger partial charge < -0.3 is 4.74 Å². The number of carbonyl (C=O) groups excluding carboxylic acids is 1. The summed E-state index contributed by atoms with van der Waals surface area (Å²) >= 11 is 1.50. The number of carbonyl (C=O) groups is 1. The van der Waals surface area contributed by atoms with Crippen LogP contribution in [0.4, 0.5) is 0 Å². The Labute approximate surface area is 225 Å². The summed E-state index contributed by atoms with van der Waals surface area (Å²) in [6, 6.07) is 34.0. The topological polar surface area (TPSA) is 66.3 Å². The number of rotatable bonds is 6. The zero-order valence-electron chi connectivity index (χ0n) is 20.9. The third-order valence-corrected chi connectivity index (χ3v) is 7.37. The Balaban J connectivity index is 1.29. The number of hydrogen-bond donors (Lipinski definition) is 1. The molecule has 0 saturated heterocycles. The lowest BCUT2D eigenvalue weighted by Crippen LogP contribution is -2.50. The molecule has 0 bridgehead atoms. The minimum Gasteiger partial charge on any atom is -0.489 e. The van der Waals surface area contributed by atoms with Gasteiger partial charge in [-0.1, -0.05) is 102 Å². The molecular weight excluding hydrogens is 492 g/mol. The van der Waals surface area contributed by atoms with Crippen molar-refractivity contribution in [1.29, 1.82) is 0 Å². The summed E-state index contributed by atoms with van der Waals surface area (Å²) in [5, 5.41) is 11.7. The van der Waals surface area contributed by atoms with E-state index in [4.69, 9.17) is 14.8 Å². The van der Waals surface area contributed by atoms with Crippen molar-refractivity contribution in [2.75, 3.05) is 0 Å². The van der Waals surface area contributed by atoms with Crippen LogP contribution in [-0.4, -0.2) is 16.1 Å². The molecule has 2 aliphatic rings. The Hall–Kier alpha value is -4.36. The molecule has 188 valence electrons. The van der Waals surface area contributed by atoms with Crippen molar-refractivity contribution in [3.63, 3.8) is 0 Å². The number of nitrogens with zero attached hydrogens (tertiary/aromatic N) is 3. The molecule has 2 heterocycles. The molecule has 38 heavy (non-hydrogen) atoms. The maximum absolute atomic E-state index is 13.4. The number of hydrazone groups is 1. The number of benzene rings is 4. The van der Waals surface area contributed by atoms with Gasteiger partial charge in [0.1, 0.15) is 18.1 Å². The lowest BCUT2D eigenvalue weighted by Gasteiger charge is -2.34. The van der Waals surface area contributed by atoms with Gasteiger partial charge in [0.15, 0.2) is 11.3 Å². The van der Waals surface area contributed by atoms with Gasteiger partial charge in [0.25, 0.3) is 5.91 Å². The molecule has 1 amide bonds. The van der Waals surface area contributed by atoms with Gasteiger partial charge in [-0.3, -0.25) is 15.1 Å². The van der Waals surface area contributed by atoms with Crippen molar-refractivity contribution in [3.8, 4) is 5.75 Å². The maximum atomic E-state index is 13.4. The van der Waals surface area contributed by atoms with Gasteiger partial charge in [-0.15, -0.1) is 5.10 Å². The molecule has 4 aromatic rings. The molecule has 0 fully saturated rings. The summed E-state index contributed by atoms with van der Waals surface area (Å²) < 4.78 is 5.97. The number of nitrogens with one attached hydrogen (secondary N) is 1. The minimum atomic E-state index is -0.468. The molecule has 1 N–H and O–H groups in total. The zero-order valence-corrected chi connectivity index (χ0v) is 21.7. The highest BCUT2D eigenvalue weighted by Gasteiger charge is 2.34. The van der Waals surface area contributed by atoms with Crippen molar-refractivity contribution >= 4 is 28.5 Å². The number of thioether (sulfide) groups is 1. The van der Waals surface area contributed by atoms with E-state index in [2.05, 4.69) is 36.5 Å². The Bertz CT molecular complexity index is 1620. The quantitative estimate of drug-likeness (QED) is 0.404. The van der Waals surface area contributed by atoms with Gasteiger partial charge >= 0.3 is 0 Å². The predicted molar refractivity (Wildman–Crippen MR) is 150 cm³/mol. The van der Waals surface area contributed by atoms with E-state index in [0.29, 0.717) is 23.2 Å². The fourth-order valence-corrected chi connectivity index (χ4v) is 5.23. The highest BCUT2D eigenvalue weighted by Crippen LogP contribution is 2.32. The van der Waals surface area contributed by atoms with E-state index in [1.54, 1.807) is 5.01 Å². The molecule has 0 radical (unpaired) electrons. The van der Waals surface area contributed by atoms with Crippen LogP contribution < -0.4 is 20.6 Å². The van der Waals surface area contributed by atoms with Crippen molar-refractivity contribution in [3.05, 3.63) is 136 Å². The predicted octanol–water partition coefficient (Wildman–Crippen LogP) is 4.65. The first-order valence-electron chi connectivity index (χ1n) is 12.5. The number of ether oxygens (including phenoxy) is 1. The average Bonchev–Trinajstić information content (AvgIpc) is 2.96. The van der Waals surface area contributed by atoms with Crippen LogP contribution in [0.25, 0.3) is 5.70 Å². The summed E-state index contributed by atoms with van der Waals surface area (Å²) in [6.07, 6.45) is -0.468. The van der Waals surface area contributed by atoms with Crippen LogP contribution in [0.15, 0.2) is 113 Å². The van der Waals surface area contributed by atoms with Crippen LogP contribution in [0.5, 0.6) is 5.75 Å². The Kier molecular flexibility index (Phi) is 6.67. The molecule has 7 heteroatoms. The standard InChI is InChI=1S/C31H26N4O2S/c1-21-11-13-23(14-12-21)20-38-31-33-30(36)28-26-9-5-6-10-27(26)32-29(35(28)34-31)24-15-17-25(18-16-24)37-19-22-7-3-2-4-8-22/h2-18,29H,19-20H2,1H3,(H,33,34,36). The molecular formula is C31H26N4O2S. The Morgan fingerprint density at radius 1 is 0.868 bits per heavy atom. The van der Waals surface area contributed by atoms with Gasteiger partial charge in [0.05, 0.1) is 5.36 Å². The zero-order chi connectivity index (χ0) is 25.9. The van der Waals surface area contributed by atoms with Crippen LogP contribution >= 0.6 is 11.8 Å². The fraction of sp³-hybridized carbons (Fsp3) is 0.129. The third-order valence-electron chi connectivity index (χ3n) is 6.44. The second-order valence-corrected chi connectivity index (χ2v) is 10.2. The summed E-state index contributed by atoms with van der Waals surface area (Å²) in [5.74, 6) is 1.29. The highest BCUT2D eigenvalue weighted by molar-refractivity contribution is 8.13. The molecule has 0 spiro atoms. The first-order chi connectivity index (χ1) is 18.6. The molecule has 2 aliphatic heterocycles. The van der Waals surface area contributed by atoms with E-state index in [0.717, 1.165) is 27.5 Å². The molecule has 0 aromatic heterocycles. The second kappa shape index (κ2) is 10.6. The van der Waals surface area contributed by atoms with E-state index in [-0.39, 0.29) is 5.91 Å². The fourth-order valence-electron chi connectivity index (χ4n) is 4.42. The number of aryl methyl sites for hydroxylation is 1. The lowest BCUT2D eigenvalue weighted by molar-refractivity contribution is -0.116. The number of amidine groups is 1. The van der Waals surface area contributed by atoms with Crippen LogP contribution in [-0.2, 0) is 17.2 Å². The van der Waals surface area contributed by atoms with Gasteiger partial charge in [-0.25, -0.2) is 5.01 Å². The number of hydrogen-bond acceptors (Lipinski definition) is 6. The molecule has 4 aromatic carbocycles. The second-order valence-electron chi connectivity index (χ2n) is 9.19. The minimum absolute atomic E-state index is 0.179. The van der Waals surface area contributed by atoms with E-state index >= 15 is 0 Å². The molecule has 0 aliphatic carbocycles. The van der Waals surface area contributed by atoms with Crippen molar-refractivity contribution < 1.29 is 9.53 Å². The molecule has 6 rings (SSSR count). The van der Waals surface area contributed by atoms with Crippen molar-refractivity contribution in [1.82, 2.24) is 10.3 Å². The van der Waals surface area contributed by atoms with E-state index in [1.165, 1.54) is 22.9 Å². The van der Waals surface area contributed by atoms with Crippen LogP contribution in [0, 0.1) is 6.92 Å². The van der Waals surface area contributed by atoms with E-state index in [1.807, 2.05) is 78.9 Å². The largest absolute Gasteiger partial charge is 0.489 e.